The van der Waals surface area contributed by atoms with Gasteiger partial charge in [0.15, 0.2) is 0 Å². The SMILES string of the molecule is CCN1CCN(C(=O)c2ccc(NC(=O)C3CSc4ccccc43)nc2)CC1. The highest BCUT2D eigenvalue weighted by Crippen LogP contribution is 2.39. The molecule has 2 aromatic rings. The maximum atomic E-state index is 12.7. The number of piperazine rings is 1. The molecule has 3 heterocycles. The Labute approximate surface area is 169 Å². The van der Waals surface area contributed by atoms with Gasteiger partial charge in [-0.15, -0.1) is 11.8 Å². The number of hydrogen-bond acceptors (Lipinski definition) is 5. The van der Waals surface area contributed by atoms with Gasteiger partial charge in [-0.3, -0.25) is 9.59 Å². The average Bonchev–Trinajstić information content (AvgIpc) is 3.18. The predicted octanol–water partition coefficient (Wildman–Crippen LogP) is 2.69. The molecule has 1 fully saturated rings. The fraction of sp³-hybridized carbons (Fsp3) is 0.381. The summed E-state index contributed by atoms with van der Waals surface area (Å²) in [6.07, 6.45) is 1.56. The van der Waals surface area contributed by atoms with Crippen molar-refractivity contribution in [3.63, 3.8) is 0 Å². The summed E-state index contributed by atoms with van der Waals surface area (Å²) in [5, 5.41) is 2.89. The van der Waals surface area contributed by atoms with Crippen molar-refractivity contribution in [2.24, 2.45) is 0 Å². The molecule has 2 aliphatic heterocycles. The van der Waals surface area contributed by atoms with Crippen LogP contribution >= 0.6 is 11.8 Å². The van der Waals surface area contributed by atoms with Crippen LogP contribution in [0.3, 0.4) is 0 Å². The Kier molecular flexibility index (Phi) is 5.64. The van der Waals surface area contributed by atoms with E-state index >= 15 is 0 Å². The minimum Gasteiger partial charge on any atom is -0.336 e. The number of pyridine rings is 1. The first-order valence-electron chi connectivity index (χ1n) is 9.66. The molecular weight excluding hydrogens is 372 g/mol. The van der Waals surface area contributed by atoms with Gasteiger partial charge >= 0.3 is 0 Å². The third kappa shape index (κ3) is 3.91. The third-order valence-electron chi connectivity index (χ3n) is 5.38. The number of anilines is 1. The molecule has 6 nitrogen and oxygen atoms in total. The molecule has 7 heteroatoms. The van der Waals surface area contributed by atoms with Crippen LogP contribution in [0, 0.1) is 0 Å². The highest BCUT2D eigenvalue weighted by atomic mass is 32.2. The summed E-state index contributed by atoms with van der Waals surface area (Å²) in [7, 11) is 0. The number of carbonyl (C=O) groups excluding carboxylic acids is 2. The van der Waals surface area contributed by atoms with Crippen LogP contribution in [0.25, 0.3) is 0 Å². The van der Waals surface area contributed by atoms with Crippen LogP contribution in [0.2, 0.25) is 0 Å². The predicted molar refractivity (Wildman–Crippen MR) is 111 cm³/mol. The molecule has 146 valence electrons. The molecule has 0 bridgehead atoms. The van der Waals surface area contributed by atoms with Gasteiger partial charge < -0.3 is 15.1 Å². The van der Waals surface area contributed by atoms with Crippen molar-refractivity contribution in [2.45, 2.75) is 17.7 Å². The van der Waals surface area contributed by atoms with Crippen LogP contribution in [0.15, 0.2) is 47.5 Å². The topological polar surface area (TPSA) is 65.5 Å². The maximum absolute atomic E-state index is 12.7. The highest BCUT2D eigenvalue weighted by molar-refractivity contribution is 7.99. The van der Waals surface area contributed by atoms with Gasteiger partial charge in [-0.2, -0.15) is 0 Å². The lowest BCUT2D eigenvalue weighted by Gasteiger charge is -2.34. The second-order valence-electron chi connectivity index (χ2n) is 7.05. The summed E-state index contributed by atoms with van der Waals surface area (Å²) in [5.41, 5.74) is 1.63. The lowest BCUT2D eigenvalue weighted by Crippen LogP contribution is -2.48. The summed E-state index contributed by atoms with van der Waals surface area (Å²) in [5.74, 6) is 0.999. The van der Waals surface area contributed by atoms with E-state index in [1.165, 1.54) is 4.90 Å². The van der Waals surface area contributed by atoms with E-state index in [2.05, 4.69) is 22.1 Å². The quantitative estimate of drug-likeness (QED) is 0.861. The first-order chi connectivity index (χ1) is 13.7. The normalized spacial score (nSPS) is 19.3. The number of hydrogen-bond donors (Lipinski definition) is 1. The van der Waals surface area contributed by atoms with Gasteiger partial charge in [0.1, 0.15) is 5.82 Å². The number of aromatic nitrogens is 1. The zero-order chi connectivity index (χ0) is 19.5. The van der Waals surface area contributed by atoms with E-state index in [4.69, 9.17) is 0 Å². The molecule has 0 aliphatic carbocycles. The van der Waals surface area contributed by atoms with Gasteiger partial charge in [-0.05, 0) is 30.3 Å². The zero-order valence-electron chi connectivity index (χ0n) is 15.9. The minimum absolute atomic E-state index is 0.00208. The molecule has 0 radical (unpaired) electrons. The number of nitrogens with zero attached hydrogens (tertiary/aromatic N) is 3. The number of amides is 2. The largest absolute Gasteiger partial charge is 0.336 e. The average molecular weight is 397 g/mol. The molecule has 4 rings (SSSR count). The lowest BCUT2D eigenvalue weighted by atomic mass is 10.0. The summed E-state index contributed by atoms with van der Waals surface area (Å²) in [6.45, 7) is 6.45. The number of fused-ring (bicyclic) bond motifs is 1. The van der Waals surface area contributed by atoms with Crippen molar-refractivity contribution in [1.29, 1.82) is 0 Å². The van der Waals surface area contributed by atoms with Crippen LogP contribution in [0.1, 0.15) is 28.8 Å². The Morgan fingerprint density at radius 1 is 1.14 bits per heavy atom. The fourth-order valence-corrected chi connectivity index (χ4v) is 4.87. The number of likely N-dealkylation sites (N-methyl/N-ethyl adjacent to an activating group) is 1. The minimum atomic E-state index is -0.167. The van der Waals surface area contributed by atoms with Crippen LogP contribution in [-0.2, 0) is 4.79 Å². The monoisotopic (exact) mass is 396 g/mol. The van der Waals surface area contributed by atoms with Gasteiger partial charge in [0.05, 0.1) is 11.5 Å². The molecule has 1 aromatic heterocycles. The van der Waals surface area contributed by atoms with E-state index in [9.17, 15) is 9.59 Å². The van der Waals surface area contributed by atoms with Gasteiger partial charge in [-0.25, -0.2) is 4.98 Å². The number of thioether (sulfide) groups is 1. The van der Waals surface area contributed by atoms with Crippen molar-refractivity contribution in [2.75, 3.05) is 43.8 Å². The maximum Gasteiger partial charge on any atom is 0.255 e. The van der Waals surface area contributed by atoms with Gasteiger partial charge in [-0.1, -0.05) is 25.1 Å². The van der Waals surface area contributed by atoms with Crippen LogP contribution in [-0.4, -0.2) is 65.1 Å². The fourth-order valence-electron chi connectivity index (χ4n) is 3.64. The molecule has 1 atom stereocenters. The van der Waals surface area contributed by atoms with Crippen molar-refractivity contribution < 1.29 is 9.59 Å². The van der Waals surface area contributed by atoms with E-state index < -0.39 is 0 Å². The van der Waals surface area contributed by atoms with Crippen LogP contribution in [0.4, 0.5) is 5.82 Å². The molecule has 1 unspecified atom stereocenters. The van der Waals surface area contributed by atoms with E-state index in [1.54, 1.807) is 30.1 Å². The van der Waals surface area contributed by atoms with E-state index in [1.807, 2.05) is 29.2 Å². The summed E-state index contributed by atoms with van der Waals surface area (Å²) < 4.78 is 0. The summed E-state index contributed by atoms with van der Waals surface area (Å²) >= 11 is 1.70. The molecule has 0 spiro atoms. The highest BCUT2D eigenvalue weighted by Gasteiger charge is 2.29. The lowest BCUT2D eigenvalue weighted by molar-refractivity contribution is -0.117. The Hall–Kier alpha value is -2.38. The Balaban J connectivity index is 1.37. The van der Waals surface area contributed by atoms with Gasteiger partial charge in [0, 0.05) is 43.0 Å². The Bertz CT molecular complexity index is 863. The van der Waals surface area contributed by atoms with Gasteiger partial charge in [0.25, 0.3) is 5.91 Å². The molecule has 1 saturated heterocycles. The third-order valence-corrected chi connectivity index (χ3v) is 6.57. The van der Waals surface area contributed by atoms with E-state index in [-0.39, 0.29) is 17.7 Å². The number of nitrogens with one attached hydrogen (secondary N) is 1. The van der Waals surface area contributed by atoms with E-state index in [0.29, 0.717) is 11.4 Å². The first-order valence-corrected chi connectivity index (χ1v) is 10.6. The van der Waals surface area contributed by atoms with Gasteiger partial charge in [0.2, 0.25) is 5.91 Å². The van der Waals surface area contributed by atoms with Crippen molar-refractivity contribution in [1.82, 2.24) is 14.8 Å². The first kappa shape index (κ1) is 19.0. The molecule has 0 saturated carbocycles. The number of carbonyl (C=O) groups is 2. The van der Waals surface area contributed by atoms with Crippen molar-refractivity contribution in [3.05, 3.63) is 53.7 Å². The van der Waals surface area contributed by atoms with Crippen molar-refractivity contribution in [3.8, 4) is 0 Å². The molecule has 1 aromatic carbocycles. The molecule has 28 heavy (non-hydrogen) atoms. The van der Waals surface area contributed by atoms with E-state index in [0.717, 1.165) is 44.0 Å². The van der Waals surface area contributed by atoms with Crippen LogP contribution in [0.5, 0.6) is 0 Å². The molecule has 2 amide bonds. The number of benzene rings is 1. The van der Waals surface area contributed by atoms with Crippen LogP contribution < -0.4 is 5.32 Å². The second kappa shape index (κ2) is 8.32. The Morgan fingerprint density at radius 2 is 1.93 bits per heavy atom. The molecular formula is C21H24N4O2S. The second-order valence-corrected chi connectivity index (χ2v) is 8.11. The molecule has 1 N–H and O–H groups in total. The summed E-state index contributed by atoms with van der Waals surface area (Å²) in [4.78, 5) is 35.0. The smallest absolute Gasteiger partial charge is 0.255 e. The summed E-state index contributed by atoms with van der Waals surface area (Å²) in [6, 6.07) is 11.5. The molecule has 2 aliphatic rings. The Morgan fingerprint density at radius 3 is 2.64 bits per heavy atom. The zero-order valence-corrected chi connectivity index (χ0v) is 16.7. The standard InChI is InChI=1S/C21H24N4O2S/c1-2-24-9-11-25(12-10-24)21(27)15-7-8-19(22-13-15)23-20(26)17-14-28-18-6-4-3-5-16(17)18/h3-8,13,17H,2,9-12,14H2,1H3,(H,22,23,26). The van der Waals surface area contributed by atoms with Crippen molar-refractivity contribution >= 4 is 29.4 Å². The number of rotatable bonds is 4.